The van der Waals surface area contributed by atoms with Gasteiger partial charge in [0.15, 0.2) is 6.61 Å². The lowest BCUT2D eigenvalue weighted by atomic mass is 9.87. The number of benzene rings is 2. The monoisotopic (exact) mass is 423 g/mol. The summed E-state index contributed by atoms with van der Waals surface area (Å²) in [6.07, 6.45) is 0. The molecular formula is C20H24ClN2O4S-. The second kappa shape index (κ2) is 9.91. The van der Waals surface area contributed by atoms with Crippen LogP contribution in [0.1, 0.15) is 31.9 Å². The van der Waals surface area contributed by atoms with Crippen molar-refractivity contribution in [1.29, 1.82) is 0 Å². The number of nitrogens with zero attached hydrogens (tertiary/aromatic N) is 1. The number of amides is 1. The molecule has 0 atom stereocenters. The average Bonchev–Trinajstić information content (AvgIpc) is 2.66. The molecule has 8 heteroatoms. The van der Waals surface area contributed by atoms with Crippen molar-refractivity contribution >= 4 is 34.1 Å². The van der Waals surface area contributed by atoms with E-state index in [2.05, 4.69) is 34.6 Å². The zero-order chi connectivity index (χ0) is 20.7. The number of carbonyl (C=O) groups is 1. The molecule has 28 heavy (non-hydrogen) atoms. The molecule has 0 spiro atoms. The maximum absolute atomic E-state index is 12.0. The van der Waals surface area contributed by atoms with Crippen molar-refractivity contribution in [3.63, 3.8) is 0 Å². The minimum Gasteiger partial charge on any atom is -0.484 e. The predicted molar refractivity (Wildman–Crippen MR) is 111 cm³/mol. The third-order valence-electron chi connectivity index (χ3n) is 3.91. The van der Waals surface area contributed by atoms with Crippen molar-refractivity contribution in [2.45, 2.75) is 32.7 Å². The van der Waals surface area contributed by atoms with Crippen molar-refractivity contribution in [2.24, 2.45) is 4.36 Å². The van der Waals surface area contributed by atoms with Gasteiger partial charge in [0.25, 0.3) is 5.91 Å². The van der Waals surface area contributed by atoms with Gasteiger partial charge in [0.1, 0.15) is 5.75 Å². The predicted octanol–water partition coefficient (Wildman–Crippen LogP) is 4.67. The topological polar surface area (TPSA) is 77.0 Å². The third-order valence-corrected chi connectivity index (χ3v) is 4.84. The van der Waals surface area contributed by atoms with Crippen molar-refractivity contribution < 1.29 is 17.9 Å². The van der Waals surface area contributed by atoms with Crippen LogP contribution in [-0.4, -0.2) is 19.6 Å². The van der Waals surface area contributed by atoms with Crippen molar-refractivity contribution in [3.05, 3.63) is 58.6 Å². The Morgan fingerprint density at radius 3 is 2.43 bits per heavy atom. The summed E-state index contributed by atoms with van der Waals surface area (Å²) >= 11 is 6.11. The molecule has 1 amide bonds. The molecule has 2 rings (SSSR count). The molecule has 0 aliphatic carbocycles. The number of halogens is 1. The van der Waals surface area contributed by atoms with Gasteiger partial charge < -0.3 is 22.8 Å². The van der Waals surface area contributed by atoms with Crippen molar-refractivity contribution in [2.75, 3.05) is 13.7 Å². The van der Waals surface area contributed by atoms with Gasteiger partial charge in [-0.05, 0) is 40.8 Å². The van der Waals surface area contributed by atoms with Crippen LogP contribution in [-0.2, 0) is 36.0 Å². The number of carbonyl (C=O) groups excluding carboxylic acids is 1. The zero-order valence-electron chi connectivity index (χ0n) is 16.3. The molecule has 0 heterocycles. The van der Waals surface area contributed by atoms with Crippen LogP contribution in [0.2, 0.25) is 5.02 Å². The molecule has 0 aromatic heterocycles. The number of hydrogen-bond acceptors (Lipinski definition) is 6. The first kappa shape index (κ1) is 22.2. The summed E-state index contributed by atoms with van der Waals surface area (Å²) < 4.78 is 25.2. The summed E-state index contributed by atoms with van der Waals surface area (Å²) in [4.78, 5) is 12.0. The maximum atomic E-state index is 12.0. The van der Waals surface area contributed by atoms with E-state index in [4.69, 9.17) is 16.3 Å². The Morgan fingerprint density at radius 1 is 1.18 bits per heavy atom. The Kier molecular flexibility index (Phi) is 7.86. The maximum Gasteiger partial charge on any atom is 0.258 e. The summed E-state index contributed by atoms with van der Waals surface area (Å²) in [6.45, 7) is 6.63. The molecule has 0 aliphatic heterocycles. The van der Waals surface area contributed by atoms with Gasteiger partial charge in [-0.25, -0.2) is 0 Å². The fourth-order valence-electron chi connectivity index (χ4n) is 2.30. The first-order valence-electron chi connectivity index (χ1n) is 8.65. The molecule has 152 valence electrons. The van der Waals surface area contributed by atoms with Gasteiger partial charge in [-0.15, -0.1) is 0 Å². The van der Waals surface area contributed by atoms with Gasteiger partial charge in [0.2, 0.25) is 0 Å². The van der Waals surface area contributed by atoms with Crippen LogP contribution in [0, 0.1) is 0 Å². The fourth-order valence-corrected chi connectivity index (χ4v) is 2.99. The highest BCUT2D eigenvalue weighted by Gasteiger charge is 2.13. The van der Waals surface area contributed by atoms with E-state index in [1.807, 2.05) is 24.3 Å². The van der Waals surface area contributed by atoms with Gasteiger partial charge in [0, 0.05) is 13.7 Å². The molecule has 6 nitrogen and oxygen atoms in total. The normalized spacial score (nSPS) is 12.6. The van der Waals surface area contributed by atoms with Crippen LogP contribution in [0.5, 0.6) is 5.75 Å². The van der Waals surface area contributed by atoms with Crippen LogP contribution >= 0.6 is 11.6 Å². The summed E-state index contributed by atoms with van der Waals surface area (Å²) in [5, 5.41) is 3.09. The number of nitrogens with one attached hydrogen (secondary N) is 1. The third kappa shape index (κ3) is 6.82. The Labute approximate surface area is 172 Å². The fraction of sp³-hybridized carbons (Fsp3) is 0.350. The number of hydrogen-bond donors (Lipinski definition) is 1. The van der Waals surface area contributed by atoms with Gasteiger partial charge in [-0.2, -0.15) is 0 Å². The van der Waals surface area contributed by atoms with E-state index in [1.54, 1.807) is 18.2 Å². The molecule has 2 aromatic rings. The zero-order valence-corrected chi connectivity index (χ0v) is 17.9. The number of ether oxygens (including phenoxy) is 1. The summed E-state index contributed by atoms with van der Waals surface area (Å²) in [5.74, 6) is 0.397. The second-order valence-corrected chi connectivity index (χ2v) is 8.46. The summed E-state index contributed by atoms with van der Waals surface area (Å²) in [7, 11) is -0.489. The quantitative estimate of drug-likeness (QED) is 0.656. The van der Waals surface area contributed by atoms with Crippen LogP contribution in [0.3, 0.4) is 0 Å². The molecule has 0 saturated carbocycles. The van der Waals surface area contributed by atoms with Crippen LogP contribution in [0.25, 0.3) is 0 Å². The molecule has 0 unspecified atom stereocenters. The van der Waals surface area contributed by atoms with E-state index >= 15 is 0 Å². The molecule has 2 aromatic carbocycles. The molecule has 0 aliphatic rings. The van der Waals surface area contributed by atoms with E-state index in [1.165, 1.54) is 12.7 Å². The smallest absolute Gasteiger partial charge is 0.258 e. The Hall–Kier alpha value is -2.09. The molecule has 0 saturated heterocycles. The van der Waals surface area contributed by atoms with Gasteiger partial charge in [-0.3, -0.25) is 4.79 Å². The van der Waals surface area contributed by atoms with Gasteiger partial charge in [0.05, 0.1) is 10.7 Å². The lowest BCUT2D eigenvalue weighted by Gasteiger charge is -2.19. The Bertz CT molecular complexity index is 901. The Morgan fingerprint density at radius 2 is 1.86 bits per heavy atom. The van der Waals surface area contributed by atoms with E-state index in [0.717, 1.165) is 5.56 Å². The molecular weight excluding hydrogens is 400 g/mol. The average molecular weight is 424 g/mol. The molecule has 0 radical (unpaired) electrons. The summed E-state index contributed by atoms with van der Waals surface area (Å²) in [6, 6.07) is 12.7. The van der Waals surface area contributed by atoms with Crippen molar-refractivity contribution in [3.8, 4) is 5.75 Å². The lowest BCUT2D eigenvalue weighted by molar-refractivity contribution is -0.123. The van der Waals surface area contributed by atoms with Crippen LogP contribution in [0.15, 0.2) is 46.8 Å². The van der Waals surface area contributed by atoms with Crippen molar-refractivity contribution in [1.82, 2.24) is 5.32 Å². The second-order valence-electron chi connectivity index (χ2n) is 7.10. The SMILES string of the molecule is CO[S-](=O)=Nc1ccc(CNC(=O)COc2ccc(C(C)(C)C)cc2)cc1Cl. The van der Waals surface area contributed by atoms with Crippen LogP contribution in [0.4, 0.5) is 5.69 Å². The standard InChI is InChI=1S/C20H24ClN2O4S/c1-20(2,3)15-6-8-16(9-7-15)27-13-19(24)22-12-14-5-10-18(17(21)11-14)23-28(25)26-4/h5-11H,12-13H2,1-4H3,(H,22,24)/q-1. The minimum absolute atomic E-state index is 0.0681. The van der Waals surface area contributed by atoms with E-state index in [9.17, 15) is 9.00 Å². The largest absolute Gasteiger partial charge is 0.484 e. The number of rotatable bonds is 7. The van der Waals surface area contributed by atoms with Gasteiger partial charge >= 0.3 is 0 Å². The highest BCUT2D eigenvalue weighted by Crippen LogP contribution is 2.26. The Balaban J connectivity index is 1.85. The van der Waals surface area contributed by atoms with E-state index in [0.29, 0.717) is 23.0 Å². The molecule has 0 fully saturated rings. The highest BCUT2D eigenvalue weighted by molar-refractivity contribution is 7.69. The van der Waals surface area contributed by atoms with Crippen LogP contribution < -0.4 is 10.1 Å². The molecule has 0 bridgehead atoms. The van der Waals surface area contributed by atoms with E-state index < -0.39 is 10.9 Å². The van der Waals surface area contributed by atoms with E-state index in [-0.39, 0.29) is 17.9 Å². The molecule has 1 N–H and O–H groups in total. The minimum atomic E-state index is -1.78. The first-order valence-corrected chi connectivity index (χ1v) is 10.1. The first-order chi connectivity index (χ1) is 13.2. The summed E-state index contributed by atoms with van der Waals surface area (Å²) in [5.41, 5.74) is 2.41. The van der Waals surface area contributed by atoms with Gasteiger partial charge in [-0.1, -0.05) is 61.4 Å². The highest BCUT2D eigenvalue weighted by atomic mass is 35.5. The lowest BCUT2D eigenvalue weighted by Crippen LogP contribution is -2.28.